The zero-order valence-corrected chi connectivity index (χ0v) is 10.1. The van der Waals surface area contributed by atoms with Crippen LogP contribution in [0.1, 0.15) is 18.5 Å². The lowest BCUT2D eigenvalue weighted by atomic mass is 10.3. The van der Waals surface area contributed by atoms with Crippen molar-refractivity contribution in [1.82, 2.24) is 9.71 Å². The van der Waals surface area contributed by atoms with Gasteiger partial charge < -0.3 is 5.73 Å². The van der Waals surface area contributed by atoms with Crippen LogP contribution >= 0.6 is 0 Å². The van der Waals surface area contributed by atoms with Crippen molar-refractivity contribution in [2.75, 3.05) is 13.1 Å². The predicted molar refractivity (Wildman–Crippen MR) is 62.4 cm³/mol. The van der Waals surface area contributed by atoms with Crippen molar-refractivity contribution in [1.29, 1.82) is 5.26 Å². The number of nitrogens with two attached hydrogens (primary N) is 1. The number of nitrogens with zero attached hydrogens (tertiary/aromatic N) is 2. The summed E-state index contributed by atoms with van der Waals surface area (Å²) in [4.78, 5) is 3.77. The Morgan fingerprint density at radius 1 is 1.41 bits per heavy atom. The second-order valence-corrected chi connectivity index (χ2v) is 5.15. The van der Waals surface area contributed by atoms with Gasteiger partial charge in [0.05, 0.1) is 0 Å². The van der Waals surface area contributed by atoms with Crippen LogP contribution in [0.15, 0.2) is 23.2 Å². The molecule has 0 spiro atoms. The number of nitriles is 1. The van der Waals surface area contributed by atoms with Gasteiger partial charge >= 0.3 is 0 Å². The number of pyridine rings is 1. The first-order valence-electron chi connectivity index (χ1n) is 5.16. The minimum atomic E-state index is -3.53. The first-order chi connectivity index (χ1) is 8.10. The molecule has 0 fully saturated rings. The van der Waals surface area contributed by atoms with Gasteiger partial charge in [-0.3, -0.25) is 0 Å². The Morgan fingerprint density at radius 3 is 2.71 bits per heavy atom. The van der Waals surface area contributed by atoms with Gasteiger partial charge in [0.1, 0.15) is 16.7 Å². The van der Waals surface area contributed by atoms with Gasteiger partial charge in [0, 0.05) is 12.7 Å². The maximum atomic E-state index is 11.7. The molecule has 0 bridgehead atoms. The number of nitrogens with one attached hydrogen (secondary N) is 1. The van der Waals surface area contributed by atoms with Gasteiger partial charge in [-0.2, -0.15) is 5.26 Å². The van der Waals surface area contributed by atoms with E-state index in [9.17, 15) is 8.42 Å². The second-order valence-electron chi connectivity index (χ2n) is 3.38. The third-order valence-electron chi connectivity index (χ3n) is 2.08. The Labute approximate surface area is 101 Å². The highest BCUT2D eigenvalue weighted by atomic mass is 32.2. The Morgan fingerprint density at radius 2 is 2.18 bits per heavy atom. The molecule has 0 amide bonds. The van der Waals surface area contributed by atoms with Crippen molar-refractivity contribution in [3.8, 4) is 6.07 Å². The van der Waals surface area contributed by atoms with Crippen LogP contribution in [0.4, 0.5) is 0 Å². The van der Waals surface area contributed by atoms with Crippen LogP contribution in [-0.2, 0) is 10.0 Å². The van der Waals surface area contributed by atoms with E-state index in [-0.39, 0.29) is 10.6 Å². The second kappa shape index (κ2) is 6.30. The molecule has 92 valence electrons. The zero-order valence-electron chi connectivity index (χ0n) is 9.26. The standard InChI is InChI=1S/C10H14N4O2S/c11-5-1-2-6-14-17(15,16)10-4-3-9(7-12)13-8-10/h3-4,8,14H,1-2,5-6,11H2. The number of hydrogen-bond donors (Lipinski definition) is 2. The fourth-order valence-corrected chi connectivity index (χ4v) is 2.18. The molecule has 0 unspecified atom stereocenters. The van der Waals surface area contributed by atoms with Crippen molar-refractivity contribution < 1.29 is 8.42 Å². The van der Waals surface area contributed by atoms with Crippen molar-refractivity contribution in [3.63, 3.8) is 0 Å². The third kappa shape index (κ3) is 4.11. The van der Waals surface area contributed by atoms with Gasteiger partial charge in [0.2, 0.25) is 10.0 Å². The molecule has 0 aliphatic heterocycles. The SMILES string of the molecule is N#Cc1ccc(S(=O)(=O)NCCCCN)cn1. The quantitative estimate of drug-likeness (QED) is 0.693. The molecular weight excluding hydrogens is 240 g/mol. The maximum absolute atomic E-state index is 11.7. The molecule has 1 heterocycles. The highest BCUT2D eigenvalue weighted by Gasteiger charge is 2.13. The van der Waals surface area contributed by atoms with Gasteiger partial charge in [0.15, 0.2) is 0 Å². The van der Waals surface area contributed by atoms with E-state index in [1.807, 2.05) is 6.07 Å². The Bertz CT molecular complexity index is 490. The number of sulfonamides is 1. The van der Waals surface area contributed by atoms with Crippen molar-refractivity contribution in [3.05, 3.63) is 24.0 Å². The van der Waals surface area contributed by atoms with Crippen molar-refractivity contribution >= 4 is 10.0 Å². The van der Waals surface area contributed by atoms with Gasteiger partial charge in [-0.15, -0.1) is 0 Å². The lowest BCUT2D eigenvalue weighted by Crippen LogP contribution is -2.25. The molecule has 1 aromatic heterocycles. The molecule has 17 heavy (non-hydrogen) atoms. The third-order valence-corrected chi connectivity index (χ3v) is 3.53. The molecule has 0 saturated carbocycles. The van der Waals surface area contributed by atoms with Gasteiger partial charge in [-0.05, 0) is 31.5 Å². The summed E-state index contributed by atoms with van der Waals surface area (Å²) >= 11 is 0. The molecular formula is C10H14N4O2S. The molecule has 6 nitrogen and oxygen atoms in total. The first-order valence-corrected chi connectivity index (χ1v) is 6.64. The lowest BCUT2D eigenvalue weighted by molar-refractivity contribution is 0.576. The predicted octanol–water partition coefficient (Wildman–Crippen LogP) is -0.0295. The largest absolute Gasteiger partial charge is 0.330 e. The van der Waals surface area contributed by atoms with Crippen molar-refractivity contribution in [2.24, 2.45) is 5.73 Å². The summed E-state index contributed by atoms with van der Waals surface area (Å²) in [5, 5.41) is 8.54. The van der Waals surface area contributed by atoms with Crippen LogP contribution in [0.2, 0.25) is 0 Å². The fourth-order valence-electron chi connectivity index (χ4n) is 1.16. The molecule has 0 aliphatic carbocycles. The monoisotopic (exact) mass is 254 g/mol. The van der Waals surface area contributed by atoms with Gasteiger partial charge in [-0.1, -0.05) is 0 Å². The van der Waals surface area contributed by atoms with Crippen LogP contribution < -0.4 is 10.5 Å². The Hall–Kier alpha value is -1.49. The van der Waals surface area contributed by atoms with E-state index in [1.165, 1.54) is 18.3 Å². The summed E-state index contributed by atoms with van der Waals surface area (Å²) in [6, 6.07) is 4.55. The highest BCUT2D eigenvalue weighted by Crippen LogP contribution is 2.07. The van der Waals surface area contributed by atoms with Gasteiger partial charge in [0.25, 0.3) is 0 Å². The maximum Gasteiger partial charge on any atom is 0.242 e. The Balaban J connectivity index is 2.66. The molecule has 3 N–H and O–H groups in total. The Kier molecular flexibility index (Phi) is 5.03. The average Bonchev–Trinajstić information content (AvgIpc) is 2.35. The van der Waals surface area contributed by atoms with Crippen LogP contribution in [0.25, 0.3) is 0 Å². The molecule has 1 rings (SSSR count). The normalized spacial score (nSPS) is 11.1. The zero-order chi connectivity index (χ0) is 12.7. The molecule has 1 aromatic rings. The number of hydrogen-bond acceptors (Lipinski definition) is 5. The number of rotatable bonds is 6. The highest BCUT2D eigenvalue weighted by molar-refractivity contribution is 7.89. The van der Waals surface area contributed by atoms with Crippen molar-refractivity contribution in [2.45, 2.75) is 17.7 Å². The molecule has 0 radical (unpaired) electrons. The minimum Gasteiger partial charge on any atom is -0.330 e. The molecule has 0 aromatic carbocycles. The molecule has 7 heteroatoms. The van der Waals surface area contributed by atoms with Gasteiger partial charge in [-0.25, -0.2) is 18.1 Å². The van der Waals surface area contributed by atoms with Crippen LogP contribution in [0.3, 0.4) is 0 Å². The summed E-state index contributed by atoms with van der Waals surface area (Å²) in [6.07, 6.45) is 2.64. The topological polar surface area (TPSA) is 109 Å². The fraction of sp³-hybridized carbons (Fsp3) is 0.400. The number of aromatic nitrogens is 1. The van der Waals surface area contributed by atoms with E-state index in [4.69, 9.17) is 11.0 Å². The first kappa shape index (κ1) is 13.6. The molecule has 0 saturated heterocycles. The summed E-state index contributed by atoms with van der Waals surface area (Å²) in [5.74, 6) is 0. The molecule has 0 aliphatic rings. The van der Waals surface area contributed by atoms with E-state index in [0.717, 1.165) is 6.42 Å². The number of unbranched alkanes of at least 4 members (excludes halogenated alkanes) is 1. The van der Waals surface area contributed by atoms with E-state index < -0.39 is 10.0 Å². The van der Waals surface area contributed by atoms with E-state index >= 15 is 0 Å². The summed E-state index contributed by atoms with van der Waals surface area (Å²) in [7, 11) is -3.53. The summed E-state index contributed by atoms with van der Waals surface area (Å²) in [5.41, 5.74) is 5.49. The van der Waals surface area contributed by atoms with E-state index in [2.05, 4.69) is 9.71 Å². The van der Waals surface area contributed by atoms with Crippen LogP contribution in [-0.4, -0.2) is 26.5 Å². The van der Waals surface area contributed by atoms with Crippen LogP contribution in [0.5, 0.6) is 0 Å². The molecule has 0 atom stereocenters. The van der Waals surface area contributed by atoms with E-state index in [1.54, 1.807) is 0 Å². The lowest BCUT2D eigenvalue weighted by Gasteiger charge is -2.05. The summed E-state index contributed by atoms with van der Waals surface area (Å²) in [6.45, 7) is 0.889. The van der Waals surface area contributed by atoms with E-state index in [0.29, 0.717) is 19.5 Å². The summed E-state index contributed by atoms with van der Waals surface area (Å²) < 4.78 is 25.9. The smallest absolute Gasteiger partial charge is 0.242 e. The average molecular weight is 254 g/mol. The van der Waals surface area contributed by atoms with Crippen LogP contribution in [0, 0.1) is 11.3 Å². The minimum absolute atomic E-state index is 0.0595.